The van der Waals surface area contributed by atoms with Crippen molar-refractivity contribution in [2.75, 3.05) is 0 Å². The van der Waals surface area contributed by atoms with Crippen LogP contribution < -0.4 is 17.0 Å². The third-order valence-electron chi connectivity index (χ3n) is 3.16. The first kappa shape index (κ1) is 13.5. The van der Waals surface area contributed by atoms with E-state index in [1.807, 2.05) is 4.57 Å². The van der Waals surface area contributed by atoms with Crippen molar-refractivity contribution in [3.63, 3.8) is 0 Å². The molecule has 2 N–H and O–H groups in total. The average molecular weight is 265 g/mol. The van der Waals surface area contributed by atoms with Crippen molar-refractivity contribution in [3.05, 3.63) is 26.7 Å². The van der Waals surface area contributed by atoms with Crippen LogP contribution in [-0.4, -0.2) is 18.7 Å². The molecule has 2 heterocycles. The lowest BCUT2D eigenvalue weighted by Crippen LogP contribution is -2.37. The normalized spacial score (nSPS) is 11.7. The lowest BCUT2D eigenvalue weighted by atomic mass is 10.2. The van der Waals surface area contributed by atoms with Crippen LogP contribution in [0.2, 0.25) is 0 Å². The summed E-state index contributed by atoms with van der Waals surface area (Å²) in [5, 5.41) is 0. The minimum atomic E-state index is -0.379. The van der Waals surface area contributed by atoms with Gasteiger partial charge < -0.3 is 10.3 Å². The van der Waals surface area contributed by atoms with E-state index in [0.29, 0.717) is 29.5 Å². The van der Waals surface area contributed by atoms with Gasteiger partial charge in [0.2, 0.25) is 0 Å². The molecular formula is C12H19N5O2. The number of hydrogen-bond donors (Lipinski definition) is 1. The Morgan fingerprint density at radius 2 is 1.84 bits per heavy atom. The van der Waals surface area contributed by atoms with Crippen LogP contribution in [0.3, 0.4) is 0 Å². The topological polar surface area (TPSA) is 87.8 Å². The summed E-state index contributed by atoms with van der Waals surface area (Å²) in [6.07, 6.45) is 0. The fraction of sp³-hybridized carbons (Fsp3) is 0.583. The predicted molar refractivity (Wildman–Crippen MR) is 72.9 cm³/mol. The molecule has 2 aromatic heterocycles. The number of hydrogen-bond acceptors (Lipinski definition) is 4. The van der Waals surface area contributed by atoms with Gasteiger partial charge in [0.1, 0.15) is 5.82 Å². The number of imidazole rings is 1. The molecule has 19 heavy (non-hydrogen) atoms. The van der Waals surface area contributed by atoms with Crippen molar-refractivity contribution in [1.29, 1.82) is 0 Å². The van der Waals surface area contributed by atoms with E-state index in [1.54, 1.807) is 7.05 Å². The van der Waals surface area contributed by atoms with Gasteiger partial charge in [-0.3, -0.25) is 13.9 Å². The molecule has 0 aromatic carbocycles. The van der Waals surface area contributed by atoms with Crippen molar-refractivity contribution in [3.8, 4) is 0 Å². The monoisotopic (exact) mass is 265 g/mol. The van der Waals surface area contributed by atoms with E-state index in [-0.39, 0.29) is 17.8 Å². The van der Waals surface area contributed by atoms with Crippen molar-refractivity contribution in [2.45, 2.75) is 26.9 Å². The third kappa shape index (κ3) is 1.99. The Morgan fingerprint density at radius 3 is 2.37 bits per heavy atom. The Labute approximate surface area is 110 Å². The molecule has 0 aliphatic heterocycles. The third-order valence-corrected chi connectivity index (χ3v) is 3.16. The highest BCUT2D eigenvalue weighted by atomic mass is 16.2. The maximum Gasteiger partial charge on any atom is 0.332 e. The summed E-state index contributed by atoms with van der Waals surface area (Å²) in [6, 6.07) is 0. The molecule has 0 unspecified atom stereocenters. The van der Waals surface area contributed by atoms with Crippen LogP contribution in [0, 0.1) is 5.92 Å². The second kappa shape index (κ2) is 4.65. The number of aromatic nitrogens is 4. The highest BCUT2D eigenvalue weighted by molar-refractivity contribution is 5.71. The molecule has 0 spiro atoms. The van der Waals surface area contributed by atoms with Gasteiger partial charge in [-0.25, -0.2) is 9.78 Å². The minimum absolute atomic E-state index is 0.235. The standard InChI is InChI=1S/C12H19N5O2/c1-7(2)6-17-8(5-13)14-10-9(17)11(18)16(4)12(19)15(10)3/h7H,5-6,13H2,1-4H3. The fourth-order valence-electron chi connectivity index (χ4n) is 2.21. The van der Waals surface area contributed by atoms with E-state index in [4.69, 9.17) is 5.73 Å². The van der Waals surface area contributed by atoms with E-state index in [9.17, 15) is 9.59 Å². The van der Waals surface area contributed by atoms with Gasteiger partial charge in [0.15, 0.2) is 11.2 Å². The molecule has 0 aliphatic carbocycles. The Kier molecular flexibility index (Phi) is 3.32. The van der Waals surface area contributed by atoms with Crippen molar-refractivity contribution >= 4 is 11.2 Å². The van der Waals surface area contributed by atoms with E-state index in [2.05, 4.69) is 18.8 Å². The minimum Gasteiger partial charge on any atom is -0.324 e. The molecule has 2 aromatic rings. The Balaban J connectivity index is 2.95. The summed E-state index contributed by atoms with van der Waals surface area (Å²) >= 11 is 0. The van der Waals surface area contributed by atoms with Gasteiger partial charge in [0.25, 0.3) is 5.56 Å². The highest BCUT2D eigenvalue weighted by Crippen LogP contribution is 2.13. The Hall–Kier alpha value is -1.89. The van der Waals surface area contributed by atoms with Gasteiger partial charge in [-0.1, -0.05) is 13.8 Å². The SMILES string of the molecule is CC(C)Cn1c(CN)nc2c1c(=O)n(C)c(=O)n2C. The second-order valence-corrected chi connectivity index (χ2v) is 5.11. The van der Waals surface area contributed by atoms with Gasteiger partial charge in [0, 0.05) is 20.6 Å². The quantitative estimate of drug-likeness (QED) is 0.814. The van der Waals surface area contributed by atoms with Crippen molar-refractivity contribution in [2.24, 2.45) is 25.7 Å². The lowest BCUT2D eigenvalue weighted by molar-refractivity contribution is 0.515. The summed E-state index contributed by atoms with van der Waals surface area (Å²) in [7, 11) is 3.08. The maximum absolute atomic E-state index is 12.3. The number of rotatable bonds is 3. The fourth-order valence-corrected chi connectivity index (χ4v) is 2.21. The largest absolute Gasteiger partial charge is 0.332 e. The summed E-state index contributed by atoms with van der Waals surface area (Å²) in [6.45, 7) is 4.99. The van der Waals surface area contributed by atoms with Crippen LogP contribution in [0.4, 0.5) is 0 Å². The lowest BCUT2D eigenvalue weighted by Gasteiger charge is -2.10. The second-order valence-electron chi connectivity index (χ2n) is 5.11. The summed E-state index contributed by atoms with van der Waals surface area (Å²) in [5.41, 5.74) is 5.82. The smallest absolute Gasteiger partial charge is 0.324 e. The van der Waals surface area contributed by atoms with E-state index >= 15 is 0 Å². The van der Waals surface area contributed by atoms with E-state index in [0.717, 1.165) is 4.57 Å². The first-order valence-corrected chi connectivity index (χ1v) is 6.23. The average Bonchev–Trinajstić information content (AvgIpc) is 2.71. The highest BCUT2D eigenvalue weighted by Gasteiger charge is 2.18. The summed E-state index contributed by atoms with van der Waals surface area (Å²) < 4.78 is 4.30. The van der Waals surface area contributed by atoms with Crippen LogP contribution in [0.5, 0.6) is 0 Å². The Morgan fingerprint density at radius 1 is 1.21 bits per heavy atom. The number of fused-ring (bicyclic) bond motifs is 1. The number of aryl methyl sites for hydroxylation is 1. The molecule has 0 atom stereocenters. The molecule has 0 bridgehead atoms. The number of nitrogens with zero attached hydrogens (tertiary/aromatic N) is 4. The molecule has 0 amide bonds. The maximum atomic E-state index is 12.3. The number of nitrogens with two attached hydrogens (primary N) is 1. The zero-order valence-corrected chi connectivity index (χ0v) is 11.7. The molecule has 7 nitrogen and oxygen atoms in total. The summed E-state index contributed by atoms with van der Waals surface area (Å²) in [4.78, 5) is 28.5. The van der Waals surface area contributed by atoms with Gasteiger partial charge in [-0.05, 0) is 5.92 Å². The van der Waals surface area contributed by atoms with Crippen LogP contribution in [-0.2, 0) is 27.2 Å². The first-order chi connectivity index (χ1) is 8.88. The molecule has 0 radical (unpaired) electrons. The molecule has 2 rings (SSSR count). The van der Waals surface area contributed by atoms with Gasteiger partial charge in [0.05, 0.1) is 6.54 Å². The molecule has 7 heteroatoms. The van der Waals surface area contributed by atoms with Gasteiger partial charge >= 0.3 is 5.69 Å². The van der Waals surface area contributed by atoms with Gasteiger partial charge in [-0.2, -0.15) is 0 Å². The van der Waals surface area contributed by atoms with E-state index < -0.39 is 0 Å². The molecule has 104 valence electrons. The van der Waals surface area contributed by atoms with E-state index in [1.165, 1.54) is 11.6 Å². The zero-order chi connectivity index (χ0) is 14.3. The first-order valence-electron chi connectivity index (χ1n) is 6.23. The van der Waals surface area contributed by atoms with Crippen molar-refractivity contribution < 1.29 is 0 Å². The molecule has 0 saturated heterocycles. The van der Waals surface area contributed by atoms with Gasteiger partial charge in [-0.15, -0.1) is 0 Å². The van der Waals surface area contributed by atoms with Crippen LogP contribution in [0.1, 0.15) is 19.7 Å². The molecule has 0 fully saturated rings. The van der Waals surface area contributed by atoms with Crippen LogP contribution in [0.25, 0.3) is 11.2 Å². The predicted octanol–water partition coefficient (Wildman–Crippen LogP) is -0.452. The molecule has 0 aliphatic rings. The van der Waals surface area contributed by atoms with Crippen molar-refractivity contribution in [1.82, 2.24) is 18.7 Å². The zero-order valence-electron chi connectivity index (χ0n) is 11.7. The molecule has 0 saturated carbocycles. The Bertz CT molecular complexity index is 735. The molecular weight excluding hydrogens is 246 g/mol. The van der Waals surface area contributed by atoms with Crippen LogP contribution >= 0.6 is 0 Å². The summed E-state index contributed by atoms with van der Waals surface area (Å²) in [5.74, 6) is 0.978. The van der Waals surface area contributed by atoms with Crippen LogP contribution in [0.15, 0.2) is 9.59 Å².